The molecule has 0 spiro atoms. The van der Waals surface area contributed by atoms with Gasteiger partial charge in [-0.25, -0.2) is 0 Å². The predicted octanol–water partition coefficient (Wildman–Crippen LogP) is 8.70. The summed E-state index contributed by atoms with van der Waals surface area (Å²) in [7, 11) is 0. The van der Waals surface area contributed by atoms with Crippen LogP contribution in [0.15, 0.2) is 48.5 Å². The van der Waals surface area contributed by atoms with Crippen molar-refractivity contribution in [1.29, 1.82) is 0 Å². The number of aryl methyl sites for hydroxylation is 1. The van der Waals surface area contributed by atoms with Crippen LogP contribution in [0.2, 0.25) is 0 Å². The molecule has 0 heterocycles. The number of hydrogen-bond donors (Lipinski definition) is 0. The van der Waals surface area contributed by atoms with Gasteiger partial charge in [-0.1, -0.05) is 92.8 Å². The van der Waals surface area contributed by atoms with Gasteiger partial charge in [-0.2, -0.15) is 6.07 Å². The van der Waals surface area contributed by atoms with Crippen LogP contribution in [0.5, 0.6) is 0 Å². The summed E-state index contributed by atoms with van der Waals surface area (Å²) in [6.07, 6.45) is 15.4. The Morgan fingerprint density at radius 3 is 2.17 bits per heavy atom. The molecular weight excluding hydrogens is 440 g/mol. The van der Waals surface area contributed by atoms with Crippen LogP contribution in [0.25, 0.3) is 21.9 Å². The molecule has 156 valence electrons. The maximum absolute atomic E-state index is 2.49. The molecule has 2 aliphatic rings. The number of benzene rings is 2. The Morgan fingerprint density at radius 2 is 1.47 bits per heavy atom. The van der Waals surface area contributed by atoms with E-state index in [9.17, 15) is 0 Å². The molecule has 0 radical (unpaired) electrons. The zero-order valence-electron chi connectivity index (χ0n) is 18.6. The Bertz CT molecular complexity index is 950. The maximum Gasteiger partial charge on any atom is 0 e. The molecule has 5 rings (SSSR count). The van der Waals surface area contributed by atoms with Gasteiger partial charge >= 0.3 is 0 Å². The van der Waals surface area contributed by atoms with Crippen molar-refractivity contribution in [3.05, 3.63) is 65.2 Å². The molecule has 2 fully saturated rings. The average Bonchev–Trinajstić information content (AvgIpc) is 3.16. The Morgan fingerprint density at radius 1 is 0.800 bits per heavy atom. The molecule has 0 bridgehead atoms. The van der Waals surface area contributed by atoms with E-state index in [4.69, 9.17) is 0 Å². The second kappa shape index (κ2) is 10.0. The molecule has 2 saturated carbocycles. The molecular formula is C29H35Zr-. The largest absolute Gasteiger partial charge is 0.164 e. The van der Waals surface area contributed by atoms with E-state index in [2.05, 4.69) is 55.5 Å². The Balaban J connectivity index is 0.00000218. The van der Waals surface area contributed by atoms with Gasteiger partial charge < -0.3 is 0 Å². The fraction of sp³-hybridized carbons (Fsp3) is 0.483. The van der Waals surface area contributed by atoms with Crippen LogP contribution < -0.4 is 0 Å². The van der Waals surface area contributed by atoms with Gasteiger partial charge in [0.05, 0.1) is 0 Å². The SMILES string of the molecule is Cc1cc(-c2ccc(C3CCCCC3)cc2)c2cc(CC3CCCCC3)[cH-]c2c1.[Zr]. The third kappa shape index (κ3) is 4.88. The van der Waals surface area contributed by atoms with E-state index in [1.807, 2.05) is 0 Å². The molecule has 0 saturated heterocycles. The van der Waals surface area contributed by atoms with Crippen molar-refractivity contribution in [3.63, 3.8) is 0 Å². The Kier molecular flexibility index (Phi) is 7.41. The van der Waals surface area contributed by atoms with Crippen LogP contribution in [0.3, 0.4) is 0 Å². The van der Waals surface area contributed by atoms with Crippen molar-refractivity contribution in [2.45, 2.75) is 83.5 Å². The van der Waals surface area contributed by atoms with Crippen LogP contribution >= 0.6 is 0 Å². The van der Waals surface area contributed by atoms with E-state index in [0.717, 1.165) is 11.8 Å². The smallest absolute Gasteiger partial charge is 0 e. The summed E-state index contributed by atoms with van der Waals surface area (Å²) in [4.78, 5) is 0. The molecule has 0 aromatic heterocycles. The molecule has 0 aliphatic heterocycles. The van der Waals surface area contributed by atoms with Crippen molar-refractivity contribution in [3.8, 4) is 11.1 Å². The summed E-state index contributed by atoms with van der Waals surface area (Å²) >= 11 is 0. The fourth-order valence-corrected chi connectivity index (χ4v) is 5.98. The molecule has 0 nitrogen and oxygen atoms in total. The zero-order valence-corrected chi connectivity index (χ0v) is 21.0. The molecule has 3 aromatic carbocycles. The minimum Gasteiger partial charge on any atom is -0.164 e. The maximum atomic E-state index is 2.49. The second-order valence-corrected chi connectivity index (χ2v) is 9.84. The standard InChI is InChI=1S/C29H35.Zr/c1-21-16-27-19-23(18-22-8-4-2-5-9-22)20-29(27)28(17-21)26-14-12-25(13-15-26)24-10-6-3-7-11-24;/h12-17,19-20,22,24H,2-11,18H2,1H3;/q-1;. The third-order valence-corrected chi connectivity index (χ3v) is 7.57. The number of hydrogen-bond acceptors (Lipinski definition) is 0. The van der Waals surface area contributed by atoms with E-state index in [1.165, 1.54) is 98.1 Å². The van der Waals surface area contributed by atoms with Gasteiger partial charge in [0.15, 0.2) is 0 Å². The third-order valence-electron chi connectivity index (χ3n) is 7.57. The van der Waals surface area contributed by atoms with Crippen molar-refractivity contribution in [1.82, 2.24) is 0 Å². The van der Waals surface area contributed by atoms with Gasteiger partial charge in [0.1, 0.15) is 0 Å². The first kappa shape index (κ1) is 22.1. The van der Waals surface area contributed by atoms with Gasteiger partial charge in [0.25, 0.3) is 0 Å². The summed E-state index contributed by atoms with van der Waals surface area (Å²) < 4.78 is 0. The first-order chi connectivity index (χ1) is 14.3. The van der Waals surface area contributed by atoms with Crippen LogP contribution in [-0.2, 0) is 32.6 Å². The predicted molar refractivity (Wildman–Crippen MR) is 126 cm³/mol. The van der Waals surface area contributed by atoms with E-state index in [-0.39, 0.29) is 26.2 Å². The number of fused-ring (bicyclic) bond motifs is 1. The fourth-order valence-electron chi connectivity index (χ4n) is 5.98. The minimum absolute atomic E-state index is 0. The summed E-state index contributed by atoms with van der Waals surface area (Å²) in [5.41, 5.74) is 7.28. The summed E-state index contributed by atoms with van der Waals surface area (Å²) in [5.74, 6) is 1.69. The number of rotatable bonds is 4. The molecule has 0 unspecified atom stereocenters. The van der Waals surface area contributed by atoms with Gasteiger partial charge in [-0.3, -0.25) is 0 Å². The van der Waals surface area contributed by atoms with Crippen molar-refractivity contribution in [2.75, 3.05) is 0 Å². The van der Waals surface area contributed by atoms with Crippen LogP contribution in [0.4, 0.5) is 0 Å². The van der Waals surface area contributed by atoms with Gasteiger partial charge in [0, 0.05) is 26.2 Å². The van der Waals surface area contributed by atoms with Crippen LogP contribution in [0.1, 0.15) is 86.8 Å². The molecule has 3 aromatic rings. The average molecular weight is 475 g/mol. The zero-order chi connectivity index (χ0) is 19.6. The second-order valence-electron chi connectivity index (χ2n) is 9.84. The first-order valence-electron chi connectivity index (χ1n) is 12.1. The van der Waals surface area contributed by atoms with E-state index < -0.39 is 0 Å². The molecule has 0 amide bonds. The van der Waals surface area contributed by atoms with Crippen molar-refractivity contribution >= 4 is 10.8 Å². The van der Waals surface area contributed by atoms with Gasteiger partial charge in [-0.05, 0) is 49.1 Å². The van der Waals surface area contributed by atoms with Gasteiger partial charge in [-0.15, -0.1) is 28.5 Å². The molecule has 1 heteroatoms. The summed E-state index contributed by atoms with van der Waals surface area (Å²) in [6, 6.07) is 19.3. The Hall–Kier alpha value is -1.07. The van der Waals surface area contributed by atoms with E-state index in [1.54, 1.807) is 11.1 Å². The Labute approximate surface area is 202 Å². The quantitative estimate of drug-likeness (QED) is 0.332. The van der Waals surface area contributed by atoms with Crippen molar-refractivity contribution < 1.29 is 26.2 Å². The van der Waals surface area contributed by atoms with E-state index in [0.29, 0.717) is 0 Å². The molecule has 0 atom stereocenters. The summed E-state index contributed by atoms with van der Waals surface area (Å²) in [5, 5.41) is 2.88. The minimum atomic E-state index is 0. The van der Waals surface area contributed by atoms with Crippen LogP contribution in [0, 0.1) is 12.8 Å². The monoisotopic (exact) mass is 473 g/mol. The molecule has 0 N–H and O–H groups in total. The topological polar surface area (TPSA) is 0 Å². The normalized spacial score (nSPS) is 18.4. The molecule has 30 heavy (non-hydrogen) atoms. The van der Waals surface area contributed by atoms with Crippen LogP contribution in [-0.4, -0.2) is 0 Å². The van der Waals surface area contributed by atoms with Gasteiger partial charge in [0.2, 0.25) is 0 Å². The van der Waals surface area contributed by atoms with Crippen molar-refractivity contribution in [2.24, 2.45) is 5.92 Å². The molecule has 2 aliphatic carbocycles. The van der Waals surface area contributed by atoms with E-state index >= 15 is 0 Å². The first-order valence-corrected chi connectivity index (χ1v) is 12.1. The summed E-state index contributed by atoms with van der Waals surface area (Å²) in [6.45, 7) is 2.24.